The number of hydrogen-bond donors (Lipinski definition) is 1. The van der Waals surface area contributed by atoms with Crippen molar-refractivity contribution in [3.63, 3.8) is 0 Å². The van der Waals surface area contributed by atoms with Crippen LogP contribution < -0.4 is 4.74 Å². The molecular weight excluding hydrogens is 430 g/mol. The third-order valence-corrected chi connectivity index (χ3v) is 6.94. The lowest BCUT2D eigenvalue weighted by atomic mass is 9.99. The van der Waals surface area contributed by atoms with Gasteiger partial charge in [-0.05, 0) is 89.0 Å². The van der Waals surface area contributed by atoms with Crippen LogP contribution in [0.1, 0.15) is 40.7 Å². The Bertz CT molecular complexity index is 1100. The highest BCUT2D eigenvalue weighted by molar-refractivity contribution is 7.08. The fourth-order valence-corrected chi connectivity index (χ4v) is 4.74. The first-order valence-electron chi connectivity index (χ1n) is 11.5. The van der Waals surface area contributed by atoms with Crippen LogP contribution in [0.4, 0.5) is 0 Å². The molecule has 172 valence electrons. The van der Waals surface area contributed by atoms with Crippen LogP contribution in [0.2, 0.25) is 0 Å². The molecule has 0 aliphatic carbocycles. The van der Waals surface area contributed by atoms with Gasteiger partial charge >= 0.3 is 5.97 Å². The van der Waals surface area contributed by atoms with Gasteiger partial charge in [0.15, 0.2) is 0 Å². The number of likely N-dealkylation sites (tertiary alicyclic amines) is 1. The number of aryl methyl sites for hydroxylation is 2. The van der Waals surface area contributed by atoms with Crippen molar-refractivity contribution in [3.8, 4) is 5.75 Å². The van der Waals surface area contributed by atoms with Crippen LogP contribution in [-0.2, 0) is 11.3 Å². The molecule has 1 fully saturated rings. The smallest absolute Gasteiger partial charge is 0.309 e. The zero-order chi connectivity index (χ0) is 23.2. The van der Waals surface area contributed by atoms with Crippen molar-refractivity contribution >= 4 is 29.0 Å². The minimum atomic E-state index is -0.694. The normalized spacial score (nSPS) is 14.8. The van der Waals surface area contributed by atoms with E-state index in [1.165, 1.54) is 33.4 Å². The number of nitrogens with zero attached hydrogens (tertiary/aromatic N) is 1. The van der Waals surface area contributed by atoms with E-state index in [0.29, 0.717) is 19.7 Å². The number of allylic oxidation sites excluding steroid dienone is 1. The number of carbonyl (C=O) groups is 1. The van der Waals surface area contributed by atoms with Crippen molar-refractivity contribution in [1.82, 2.24) is 4.90 Å². The number of aliphatic carboxylic acids is 1. The van der Waals surface area contributed by atoms with Gasteiger partial charge in [0.1, 0.15) is 5.75 Å². The first-order chi connectivity index (χ1) is 16.0. The molecule has 33 heavy (non-hydrogen) atoms. The Morgan fingerprint density at radius 1 is 1.12 bits per heavy atom. The highest BCUT2D eigenvalue weighted by atomic mass is 32.1. The molecule has 1 N–H and O–H groups in total. The summed E-state index contributed by atoms with van der Waals surface area (Å²) in [5, 5.41) is 13.3. The van der Waals surface area contributed by atoms with E-state index in [1.807, 2.05) is 12.1 Å². The summed E-state index contributed by atoms with van der Waals surface area (Å²) in [5.41, 5.74) is 7.69. The molecule has 2 heterocycles. The Morgan fingerprint density at radius 3 is 2.58 bits per heavy atom. The van der Waals surface area contributed by atoms with Gasteiger partial charge in [0.2, 0.25) is 0 Å². The zero-order valence-electron chi connectivity index (χ0n) is 19.3. The number of ether oxygens (including phenoxy) is 1. The SMILES string of the molecule is Cc1ccc(/C=C(\CCCOc2ccc(CN3CC(C(=O)O)C3)cc2)c2ccsc2)cc1C. The van der Waals surface area contributed by atoms with Crippen LogP contribution in [0.25, 0.3) is 11.6 Å². The fraction of sp³-hybridized carbons (Fsp3) is 0.321. The third kappa shape index (κ3) is 6.34. The Kier molecular flexibility index (Phi) is 7.63. The number of carboxylic acid groups (broad SMARTS) is 1. The maximum atomic E-state index is 10.9. The molecule has 1 saturated heterocycles. The average Bonchev–Trinajstić information content (AvgIpc) is 3.30. The van der Waals surface area contributed by atoms with Gasteiger partial charge in [0.25, 0.3) is 0 Å². The molecule has 0 amide bonds. The quantitative estimate of drug-likeness (QED) is 0.361. The maximum Gasteiger partial charge on any atom is 0.309 e. The molecule has 1 aromatic heterocycles. The molecule has 0 bridgehead atoms. The predicted molar refractivity (Wildman–Crippen MR) is 136 cm³/mol. The van der Waals surface area contributed by atoms with Gasteiger partial charge in [-0.3, -0.25) is 9.69 Å². The van der Waals surface area contributed by atoms with Crippen molar-refractivity contribution < 1.29 is 14.6 Å². The second kappa shape index (κ2) is 10.8. The van der Waals surface area contributed by atoms with Gasteiger partial charge in [-0.2, -0.15) is 11.3 Å². The van der Waals surface area contributed by atoms with Gasteiger partial charge in [0, 0.05) is 19.6 Å². The highest BCUT2D eigenvalue weighted by Crippen LogP contribution is 2.26. The number of thiophene rings is 1. The Labute approximate surface area is 200 Å². The van der Waals surface area contributed by atoms with E-state index < -0.39 is 5.97 Å². The zero-order valence-corrected chi connectivity index (χ0v) is 20.1. The van der Waals surface area contributed by atoms with Gasteiger partial charge in [-0.25, -0.2) is 0 Å². The van der Waals surface area contributed by atoms with Crippen LogP contribution in [0.3, 0.4) is 0 Å². The lowest BCUT2D eigenvalue weighted by Crippen LogP contribution is -2.49. The summed E-state index contributed by atoms with van der Waals surface area (Å²) in [6, 6.07) is 17.0. The molecule has 0 radical (unpaired) electrons. The molecule has 3 aromatic rings. The minimum absolute atomic E-state index is 0.212. The topological polar surface area (TPSA) is 49.8 Å². The molecule has 1 aliphatic heterocycles. The standard InChI is InChI=1S/C28H31NO3S/c1-20-5-6-23(14-21(20)2)15-24(25-11-13-33-19-25)4-3-12-32-27-9-7-22(8-10-27)16-29-17-26(18-29)28(30)31/h5-11,13-15,19,26H,3-4,12,16-18H2,1-2H3,(H,30,31)/b24-15+. The summed E-state index contributed by atoms with van der Waals surface area (Å²) < 4.78 is 5.99. The van der Waals surface area contributed by atoms with Crippen LogP contribution in [0.5, 0.6) is 5.75 Å². The van der Waals surface area contributed by atoms with Gasteiger partial charge in [-0.15, -0.1) is 0 Å². The van der Waals surface area contributed by atoms with E-state index in [1.54, 1.807) is 11.3 Å². The average molecular weight is 462 g/mol. The second-order valence-electron chi connectivity index (χ2n) is 8.85. The largest absolute Gasteiger partial charge is 0.494 e. The van der Waals surface area contributed by atoms with E-state index in [0.717, 1.165) is 25.1 Å². The molecule has 1 aliphatic rings. The summed E-state index contributed by atoms with van der Waals surface area (Å²) in [5.74, 6) is -0.0300. The first-order valence-corrected chi connectivity index (χ1v) is 12.4. The van der Waals surface area contributed by atoms with Crippen LogP contribution >= 0.6 is 11.3 Å². The van der Waals surface area contributed by atoms with Crippen molar-refractivity contribution in [3.05, 3.63) is 87.1 Å². The summed E-state index contributed by atoms with van der Waals surface area (Å²) in [4.78, 5) is 13.1. The van der Waals surface area contributed by atoms with Crippen molar-refractivity contribution in [2.24, 2.45) is 5.92 Å². The molecule has 5 heteroatoms. The van der Waals surface area contributed by atoms with Gasteiger partial charge in [-0.1, -0.05) is 36.4 Å². The molecule has 2 aromatic carbocycles. The van der Waals surface area contributed by atoms with Crippen molar-refractivity contribution in [2.45, 2.75) is 33.2 Å². The van der Waals surface area contributed by atoms with E-state index in [9.17, 15) is 4.79 Å². The third-order valence-electron chi connectivity index (χ3n) is 6.26. The lowest BCUT2D eigenvalue weighted by molar-refractivity contribution is -0.147. The summed E-state index contributed by atoms with van der Waals surface area (Å²) in [6.45, 7) is 7.03. The minimum Gasteiger partial charge on any atom is -0.494 e. The van der Waals surface area contributed by atoms with Crippen molar-refractivity contribution in [2.75, 3.05) is 19.7 Å². The van der Waals surface area contributed by atoms with Gasteiger partial charge < -0.3 is 9.84 Å². The lowest BCUT2D eigenvalue weighted by Gasteiger charge is -2.36. The highest BCUT2D eigenvalue weighted by Gasteiger charge is 2.32. The maximum absolute atomic E-state index is 10.9. The first kappa shape index (κ1) is 23.3. The van der Waals surface area contributed by atoms with E-state index >= 15 is 0 Å². The molecule has 4 rings (SSSR count). The molecule has 0 saturated carbocycles. The summed E-state index contributed by atoms with van der Waals surface area (Å²) >= 11 is 1.73. The Balaban J connectivity index is 1.28. The van der Waals surface area contributed by atoms with Crippen LogP contribution in [0, 0.1) is 19.8 Å². The Morgan fingerprint density at radius 2 is 1.91 bits per heavy atom. The molecule has 4 nitrogen and oxygen atoms in total. The number of rotatable bonds is 10. The van der Waals surface area contributed by atoms with Crippen LogP contribution in [-0.4, -0.2) is 35.7 Å². The van der Waals surface area contributed by atoms with E-state index in [2.05, 4.69) is 72.0 Å². The molecule has 0 spiro atoms. The second-order valence-corrected chi connectivity index (χ2v) is 9.63. The predicted octanol–water partition coefficient (Wildman–Crippen LogP) is 6.28. The van der Waals surface area contributed by atoms with E-state index in [4.69, 9.17) is 9.84 Å². The molecular formula is C28H31NO3S. The van der Waals surface area contributed by atoms with Crippen molar-refractivity contribution in [1.29, 1.82) is 0 Å². The summed E-state index contributed by atoms with van der Waals surface area (Å²) in [6.07, 6.45) is 4.20. The Hall–Kier alpha value is -2.89. The fourth-order valence-electron chi connectivity index (χ4n) is 4.06. The monoisotopic (exact) mass is 461 g/mol. The van der Waals surface area contributed by atoms with E-state index in [-0.39, 0.29) is 5.92 Å². The van der Waals surface area contributed by atoms with Gasteiger partial charge in [0.05, 0.1) is 12.5 Å². The molecule has 0 unspecified atom stereocenters. The summed E-state index contributed by atoms with van der Waals surface area (Å²) in [7, 11) is 0. The number of hydrogen-bond acceptors (Lipinski definition) is 4. The van der Waals surface area contributed by atoms with Crippen LogP contribution in [0.15, 0.2) is 59.3 Å². The molecule has 0 atom stereocenters. The number of benzene rings is 2. The number of carboxylic acids is 1.